The molecule has 1 amide bonds. The standard InChI is InChI=1S/C17H15N3O3S2/c1-3-10-4-6-13-15(8-10)25-17(18-13)19-16(21)12-9-11(24-2)5-7-14(12)20(22)23/h4-9H,3H2,1-2H3,(H,18,19,21). The zero-order chi connectivity index (χ0) is 18.0. The highest BCUT2D eigenvalue weighted by Crippen LogP contribution is 2.29. The van der Waals surface area contributed by atoms with Gasteiger partial charge in [-0.3, -0.25) is 20.2 Å². The molecule has 0 bridgehead atoms. The van der Waals surface area contributed by atoms with Crippen molar-refractivity contribution < 1.29 is 9.72 Å². The monoisotopic (exact) mass is 373 g/mol. The number of anilines is 1. The van der Waals surface area contributed by atoms with Gasteiger partial charge in [-0.15, -0.1) is 11.8 Å². The molecule has 0 fully saturated rings. The lowest BCUT2D eigenvalue weighted by Gasteiger charge is -2.04. The fourth-order valence-corrected chi connectivity index (χ4v) is 3.75. The Morgan fingerprint density at radius 1 is 1.32 bits per heavy atom. The maximum Gasteiger partial charge on any atom is 0.282 e. The number of rotatable bonds is 5. The van der Waals surface area contributed by atoms with Gasteiger partial charge >= 0.3 is 0 Å². The predicted octanol–water partition coefficient (Wildman–Crippen LogP) is 4.74. The number of nitro groups is 1. The van der Waals surface area contributed by atoms with Crippen LogP contribution in [0.15, 0.2) is 41.3 Å². The first-order valence-electron chi connectivity index (χ1n) is 7.55. The number of nitro benzene ring substituents is 1. The van der Waals surface area contributed by atoms with E-state index in [2.05, 4.69) is 17.2 Å². The number of nitrogens with zero attached hydrogens (tertiary/aromatic N) is 2. The van der Waals surface area contributed by atoms with Crippen molar-refractivity contribution >= 4 is 50.0 Å². The van der Waals surface area contributed by atoms with Crippen LogP contribution in [0.5, 0.6) is 0 Å². The number of hydrogen-bond donors (Lipinski definition) is 1. The fraction of sp³-hybridized carbons (Fsp3) is 0.176. The molecular weight excluding hydrogens is 358 g/mol. The normalized spacial score (nSPS) is 10.8. The Hall–Kier alpha value is -2.45. The number of amides is 1. The van der Waals surface area contributed by atoms with Crippen LogP contribution in [0.25, 0.3) is 10.2 Å². The van der Waals surface area contributed by atoms with Crippen molar-refractivity contribution in [3.05, 3.63) is 57.6 Å². The summed E-state index contributed by atoms with van der Waals surface area (Å²) in [6, 6.07) is 10.5. The zero-order valence-electron chi connectivity index (χ0n) is 13.6. The summed E-state index contributed by atoms with van der Waals surface area (Å²) in [6.45, 7) is 2.07. The van der Waals surface area contributed by atoms with Gasteiger partial charge in [-0.25, -0.2) is 4.98 Å². The summed E-state index contributed by atoms with van der Waals surface area (Å²) in [6.07, 6.45) is 2.77. The van der Waals surface area contributed by atoms with Gasteiger partial charge in [0.15, 0.2) is 5.13 Å². The second-order valence-corrected chi connectivity index (χ2v) is 7.18. The SMILES string of the molecule is CCc1ccc2nc(NC(=O)c3cc(SC)ccc3[N+](=O)[O-])sc2c1. The summed E-state index contributed by atoms with van der Waals surface area (Å²) >= 11 is 2.78. The molecule has 0 saturated carbocycles. The number of thiazole rings is 1. The zero-order valence-corrected chi connectivity index (χ0v) is 15.2. The molecule has 0 spiro atoms. The van der Waals surface area contributed by atoms with Crippen LogP contribution in [-0.2, 0) is 6.42 Å². The van der Waals surface area contributed by atoms with E-state index >= 15 is 0 Å². The average molecular weight is 373 g/mol. The average Bonchev–Trinajstić information content (AvgIpc) is 3.01. The van der Waals surface area contributed by atoms with Gasteiger partial charge in [0.05, 0.1) is 15.1 Å². The van der Waals surface area contributed by atoms with Crippen LogP contribution in [0.4, 0.5) is 10.8 Å². The third-order valence-corrected chi connectivity index (χ3v) is 5.39. The number of benzene rings is 2. The van der Waals surface area contributed by atoms with Crippen molar-refractivity contribution in [2.24, 2.45) is 0 Å². The Morgan fingerprint density at radius 3 is 2.80 bits per heavy atom. The second kappa shape index (κ2) is 7.20. The molecule has 6 nitrogen and oxygen atoms in total. The fourth-order valence-electron chi connectivity index (χ4n) is 2.39. The molecule has 0 radical (unpaired) electrons. The Morgan fingerprint density at radius 2 is 2.12 bits per heavy atom. The Kier molecular flexibility index (Phi) is 5.00. The number of carbonyl (C=O) groups excluding carboxylic acids is 1. The quantitative estimate of drug-likeness (QED) is 0.397. The molecule has 128 valence electrons. The van der Waals surface area contributed by atoms with Gasteiger partial charge < -0.3 is 0 Å². The Balaban J connectivity index is 1.93. The smallest absolute Gasteiger partial charge is 0.282 e. The van der Waals surface area contributed by atoms with E-state index in [-0.39, 0.29) is 11.3 Å². The minimum atomic E-state index is -0.551. The van der Waals surface area contributed by atoms with Crippen LogP contribution in [0, 0.1) is 10.1 Å². The van der Waals surface area contributed by atoms with E-state index in [1.807, 2.05) is 24.5 Å². The Labute approximate surface area is 152 Å². The summed E-state index contributed by atoms with van der Waals surface area (Å²) < 4.78 is 0.974. The molecule has 2 aromatic carbocycles. The number of hydrogen-bond acceptors (Lipinski definition) is 6. The first kappa shape index (κ1) is 17.4. The van der Waals surface area contributed by atoms with Gasteiger partial charge in [-0.1, -0.05) is 24.3 Å². The van der Waals surface area contributed by atoms with Gasteiger partial charge in [-0.05, 0) is 42.5 Å². The second-order valence-electron chi connectivity index (χ2n) is 5.27. The summed E-state index contributed by atoms with van der Waals surface area (Å²) in [5, 5.41) is 14.3. The van der Waals surface area contributed by atoms with Crippen molar-refractivity contribution in [1.29, 1.82) is 0 Å². The van der Waals surface area contributed by atoms with Crippen molar-refractivity contribution in [3.63, 3.8) is 0 Å². The topological polar surface area (TPSA) is 85.1 Å². The van der Waals surface area contributed by atoms with Crippen molar-refractivity contribution in [2.45, 2.75) is 18.2 Å². The number of thioether (sulfide) groups is 1. The number of carbonyl (C=O) groups is 1. The summed E-state index contributed by atoms with van der Waals surface area (Å²) in [5.41, 5.74) is 1.80. The maximum atomic E-state index is 12.5. The van der Waals surface area contributed by atoms with Crippen LogP contribution in [-0.4, -0.2) is 22.1 Å². The third kappa shape index (κ3) is 3.64. The number of nitrogens with one attached hydrogen (secondary N) is 1. The van der Waals surface area contributed by atoms with E-state index in [9.17, 15) is 14.9 Å². The number of aromatic nitrogens is 1. The van der Waals surface area contributed by atoms with E-state index in [4.69, 9.17) is 0 Å². The van der Waals surface area contributed by atoms with Gasteiger partial charge in [0.25, 0.3) is 11.6 Å². The highest BCUT2D eigenvalue weighted by atomic mass is 32.2. The highest BCUT2D eigenvalue weighted by molar-refractivity contribution is 7.98. The van der Waals surface area contributed by atoms with Crippen molar-refractivity contribution in [3.8, 4) is 0 Å². The van der Waals surface area contributed by atoms with Crippen molar-refractivity contribution in [2.75, 3.05) is 11.6 Å². The van der Waals surface area contributed by atoms with Crippen LogP contribution in [0.1, 0.15) is 22.8 Å². The minimum Gasteiger partial charge on any atom is -0.298 e. The molecule has 1 heterocycles. The van der Waals surface area contributed by atoms with Crippen LogP contribution >= 0.6 is 23.1 Å². The summed E-state index contributed by atoms with van der Waals surface area (Å²) in [7, 11) is 0. The Bertz CT molecular complexity index is 969. The number of aryl methyl sites for hydroxylation is 1. The molecule has 3 rings (SSSR count). The lowest BCUT2D eigenvalue weighted by molar-refractivity contribution is -0.385. The van der Waals surface area contributed by atoms with Gasteiger partial charge in [0, 0.05) is 11.0 Å². The molecule has 0 atom stereocenters. The maximum absolute atomic E-state index is 12.5. The van der Waals surface area contributed by atoms with Crippen LogP contribution < -0.4 is 5.32 Å². The van der Waals surface area contributed by atoms with E-state index in [0.29, 0.717) is 5.13 Å². The van der Waals surface area contributed by atoms with Crippen molar-refractivity contribution in [1.82, 2.24) is 4.98 Å². The molecule has 25 heavy (non-hydrogen) atoms. The lowest BCUT2D eigenvalue weighted by Crippen LogP contribution is -2.14. The van der Waals surface area contributed by atoms with E-state index < -0.39 is 10.8 Å². The molecule has 0 saturated heterocycles. The molecule has 1 aromatic heterocycles. The molecule has 8 heteroatoms. The van der Waals surface area contributed by atoms with Crippen LogP contribution in [0.2, 0.25) is 0 Å². The summed E-state index contributed by atoms with van der Waals surface area (Å²) in [5.74, 6) is -0.530. The summed E-state index contributed by atoms with van der Waals surface area (Å²) in [4.78, 5) is 28.4. The highest BCUT2D eigenvalue weighted by Gasteiger charge is 2.21. The van der Waals surface area contributed by atoms with Gasteiger partial charge in [0.2, 0.25) is 0 Å². The minimum absolute atomic E-state index is 0.0327. The van der Waals surface area contributed by atoms with Gasteiger partial charge in [-0.2, -0.15) is 0 Å². The van der Waals surface area contributed by atoms with E-state index in [0.717, 1.165) is 21.5 Å². The molecule has 0 aliphatic carbocycles. The largest absolute Gasteiger partial charge is 0.298 e. The molecule has 0 aliphatic heterocycles. The van der Waals surface area contributed by atoms with Crippen LogP contribution in [0.3, 0.4) is 0 Å². The van der Waals surface area contributed by atoms with E-state index in [1.54, 1.807) is 6.07 Å². The number of fused-ring (bicyclic) bond motifs is 1. The predicted molar refractivity (Wildman–Crippen MR) is 102 cm³/mol. The molecular formula is C17H15N3O3S2. The third-order valence-electron chi connectivity index (χ3n) is 3.73. The lowest BCUT2D eigenvalue weighted by atomic mass is 10.1. The first-order chi connectivity index (χ1) is 12.0. The molecule has 3 aromatic rings. The molecule has 0 unspecified atom stereocenters. The van der Waals surface area contributed by atoms with E-state index in [1.165, 1.54) is 40.8 Å². The molecule has 1 N–H and O–H groups in total. The van der Waals surface area contributed by atoms with Gasteiger partial charge in [0.1, 0.15) is 5.56 Å². The first-order valence-corrected chi connectivity index (χ1v) is 9.59. The molecule has 0 aliphatic rings.